The summed E-state index contributed by atoms with van der Waals surface area (Å²) in [6, 6.07) is 39.3. The first-order valence-electron chi connectivity index (χ1n) is 16.8. The highest BCUT2D eigenvalue weighted by Crippen LogP contribution is 2.55. The Morgan fingerprint density at radius 3 is 1.89 bits per heavy atom. The summed E-state index contributed by atoms with van der Waals surface area (Å²) in [6.07, 6.45) is 5.42. The number of nitrogens with zero attached hydrogens (tertiary/aromatic N) is 1. The van der Waals surface area contributed by atoms with Gasteiger partial charge >= 0.3 is 0 Å². The van der Waals surface area contributed by atoms with E-state index in [0.717, 1.165) is 38.0 Å². The highest BCUT2D eigenvalue weighted by molar-refractivity contribution is 7.80. The van der Waals surface area contributed by atoms with Crippen molar-refractivity contribution in [2.75, 3.05) is 6.61 Å². The Balaban J connectivity index is 1.29. The predicted molar refractivity (Wildman–Crippen MR) is 194 cm³/mol. The predicted octanol–water partition coefficient (Wildman–Crippen LogP) is 8.25. The van der Waals surface area contributed by atoms with E-state index in [1.54, 1.807) is 5.56 Å². The molecule has 0 saturated heterocycles. The lowest BCUT2D eigenvalue weighted by Crippen LogP contribution is -2.33. The maximum Gasteiger partial charge on any atom is 0.216 e. The smallest absolute Gasteiger partial charge is 0.216 e. The molecule has 1 aliphatic heterocycles. The van der Waals surface area contributed by atoms with Crippen LogP contribution in [0, 0.1) is 27.7 Å². The van der Waals surface area contributed by atoms with E-state index in [1.165, 1.54) is 66.0 Å². The van der Waals surface area contributed by atoms with Gasteiger partial charge in [-0.25, -0.2) is 4.99 Å². The summed E-state index contributed by atoms with van der Waals surface area (Å²) in [6.45, 7) is 9.63. The van der Waals surface area contributed by atoms with Crippen LogP contribution in [-0.4, -0.2) is 18.5 Å². The van der Waals surface area contributed by atoms with Gasteiger partial charge in [-0.2, -0.15) is 0 Å². The molecular weight excluding hydrogens is 577 g/mol. The van der Waals surface area contributed by atoms with Crippen molar-refractivity contribution in [2.45, 2.75) is 71.3 Å². The first-order valence-corrected chi connectivity index (χ1v) is 18.2. The van der Waals surface area contributed by atoms with Crippen molar-refractivity contribution in [1.82, 2.24) is 0 Å². The van der Waals surface area contributed by atoms with E-state index < -0.39 is 7.92 Å². The lowest BCUT2D eigenvalue weighted by atomic mass is 9.74. The summed E-state index contributed by atoms with van der Waals surface area (Å²) >= 11 is 0. The number of hydrogen-bond acceptors (Lipinski definition) is 2. The molecule has 2 atom stereocenters. The molecule has 0 saturated carbocycles. The molecule has 230 valence electrons. The Morgan fingerprint density at radius 1 is 0.674 bits per heavy atom. The molecule has 0 fully saturated rings. The van der Waals surface area contributed by atoms with Crippen molar-refractivity contribution in [2.24, 2.45) is 4.99 Å². The first-order chi connectivity index (χ1) is 22.4. The van der Waals surface area contributed by atoms with Gasteiger partial charge in [0, 0.05) is 11.0 Å². The monoisotopic (exact) mass is 619 g/mol. The molecule has 0 aromatic heterocycles. The molecular formula is C43H42NOP. The van der Waals surface area contributed by atoms with Gasteiger partial charge in [0.2, 0.25) is 5.90 Å². The lowest BCUT2D eigenvalue weighted by molar-refractivity contribution is 0.316. The zero-order valence-electron chi connectivity index (χ0n) is 27.4. The Bertz CT molecular complexity index is 1900. The Kier molecular flexibility index (Phi) is 7.46. The fourth-order valence-corrected chi connectivity index (χ4v) is 11.7. The molecule has 2 nitrogen and oxygen atoms in total. The number of hydrogen-bond donors (Lipinski definition) is 0. The third kappa shape index (κ3) is 5.12. The zero-order valence-corrected chi connectivity index (χ0v) is 28.3. The number of aliphatic imine (C=N–C) groups is 1. The van der Waals surface area contributed by atoms with E-state index in [2.05, 4.69) is 131 Å². The third-order valence-electron chi connectivity index (χ3n) is 10.3. The topological polar surface area (TPSA) is 21.6 Å². The van der Waals surface area contributed by atoms with Crippen molar-refractivity contribution in [3.05, 3.63) is 159 Å². The highest BCUT2D eigenvalue weighted by Gasteiger charge is 2.49. The van der Waals surface area contributed by atoms with E-state index in [9.17, 15) is 0 Å². The molecule has 8 rings (SSSR count). The van der Waals surface area contributed by atoms with E-state index in [1.807, 2.05) is 0 Å². The number of fused-ring (bicyclic) bond motifs is 4. The maximum atomic E-state index is 6.46. The molecule has 5 aromatic rings. The second kappa shape index (κ2) is 11.7. The van der Waals surface area contributed by atoms with Crippen LogP contribution in [0.25, 0.3) is 0 Å². The van der Waals surface area contributed by atoms with E-state index in [4.69, 9.17) is 9.73 Å². The maximum absolute atomic E-state index is 6.46. The minimum Gasteiger partial charge on any atom is -0.475 e. The lowest BCUT2D eigenvalue weighted by Gasteiger charge is -2.33. The zero-order chi connectivity index (χ0) is 31.4. The molecule has 3 heteroatoms. The summed E-state index contributed by atoms with van der Waals surface area (Å²) in [5, 5.41) is 4.43. The molecule has 5 aromatic carbocycles. The van der Waals surface area contributed by atoms with Gasteiger partial charge in [0.15, 0.2) is 0 Å². The van der Waals surface area contributed by atoms with Gasteiger partial charge in [-0.15, -0.1) is 0 Å². The molecule has 0 radical (unpaired) electrons. The van der Waals surface area contributed by atoms with Gasteiger partial charge in [0.05, 0.1) is 6.04 Å². The largest absolute Gasteiger partial charge is 0.475 e. The van der Waals surface area contributed by atoms with Gasteiger partial charge in [0.25, 0.3) is 0 Å². The number of ether oxygens (including phenoxy) is 1. The van der Waals surface area contributed by atoms with Crippen LogP contribution in [0.1, 0.15) is 68.5 Å². The average molecular weight is 620 g/mol. The molecule has 1 unspecified atom stereocenters. The second-order valence-corrected chi connectivity index (χ2v) is 16.0. The average Bonchev–Trinajstić information content (AvgIpc) is 3.76. The fraction of sp³-hybridized carbons (Fsp3) is 0.279. The van der Waals surface area contributed by atoms with Crippen LogP contribution in [0.2, 0.25) is 0 Å². The highest BCUT2D eigenvalue weighted by atomic mass is 31.1. The minimum absolute atomic E-state index is 0.0282. The van der Waals surface area contributed by atoms with Gasteiger partial charge in [-0.1, -0.05) is 119 Å². The van der Waals surface area contributed by atoms with Crippen molar-refractivity contribution >= 4 is 29.7 Å². The Labute approximate surface area is 275 Å². The summed E-state index contributed by atoms with van der Waals surface area (Å²) in [4.78, 5) is 5.23. The molecule has 46 heavy (non-hydrogen) atoms. The minimum atomic E-state index is -0.762. The van der Waals surface area contributed by atoms with E-state index >= 15 is 0 Å². The third-order valence-corrected chi connectivity index (χ3v) is 12.7. The van der Waals surface area contributed by atoms with Gasteiger partial charge in [-0.3, -0.25) is 0 Å². The van der Waals surface area contributed by atoms with Crippen LogP contribution in [-0.2, 0) is 29.4 Å². The number of rotatable bonds is 6. The normalized spacial score (nSPS) is 19.8. The van der Waals surface area contributed by atoms with Crippen molar-refractivity contribution < 1.29 is 4.74 Å². The van der Waals surface area contributed by atoms with Crippen LogP contribution < -0.4 is 15.9 Å². The summed E-state index contributed by atoms with van der Waals surface area (Å²) in [5.74, 6) is 0.843. The van der Waals surface area contributed by atoms with Crippen molar-refractivity contribution in [1.29, 1.82) is 0 Å². The van der Waals surface area contributed by atoms with E-state index in [-0.39, 0.29) is 11.5 Å². The summed E-state index contributed by atoms with van der Waals surface area (Å²) < 4.78 is 6.46. The summed E-state index contributed by atoms with van der Waals surface area (Å²) in [7, 11) is -0.762. The van der Waals surface area contributed by atoms with E-state index in [0.29, 0.717) is 6.61 Å². The van der Waals surface area contributed by atoms with Crippen LogP contribution in [0.5, 0.6) is 0 Å². The molecule has 3 aliphatic rings. The fourth-order valence-electron chi connectivity index (χ4n) is 8.67. The molecule has 1 heterocycles. The molecule has 0 amide bonds. The number of benzene rings is 5. The molecule has 1 spiro atoms. The second-order valence-electron chi connectivity index (χ2n) is 13.8. The number of aryl methyl sites for hydroxylation is 6. The van der Waals surface area contributed by atoms with Gasteiger partial charge in [0.1, 0.15) is 6.61 Å². The van der Waals surface area contributed by atoms with Crippen molar-refractivity contribution in [3.63, 3.8) is 0 Å². The van der Waals surface area contributed by atoms with Gasteiger partial charge in [-0.05, 0) is 118 Å². The standard InChI is InChI=1S/C43H42NOP/c1-28-20-29(2)23-36(22-28)46(37-24-30(3)21-31(4)25-37)39-15-9-13-34-17-19-43(41(34)39)18-16-33-12-8-14-38(40(33)43)42-44-35(27-45-42)26-32-10-6-5-7-11-32/h5-15,20-25,35H,16-19,26-27H2,1-4H3/t35-,43?/m0/s1. The Hall–Kier alpha value is -4.00. The van der Waals surface area contributed by atoms with Crippen LogP contribution in [0.4, 0.5) is 0 Å². The quantitative estimate of drug-likeness (QED) is 0.176. The molecule has 0 N–H and O–H groups in total. The molecule has 0 bridgehead atoms. The summed E-state index contributed by atoms with van der Waals surface area (Å²) in [5.41, 5.74) is 13.9. The first kappa shape index (κ1) is 29.4. The SMILES string of the molecule is Cc1cc(C)cc(P(c2cc(C)cc(C)c2)c2cccc3c2C2(CCc4cccc(C5=N[C@@H](Cc6ccccc6)CO5)c42)CC3)c1. The molecule has 2 aliphatic carbocycles. The van der Waals surface area contributed by atoms with Gasteiger partial charge < -0.3 is 4.74 Å². The van der Waals surface area contributed by atoms with Crippen LogP contribution >= 0.6 is 7.92 Å². The van der Waals surface area contributed by atoms with Crippen molar-refractivity contribution in [3.8, 4) is 0 Å². The van der Waals surface area contributed by atoms with Crippen LogP contribution in [0.3, 0.4) is 0 Å². The van der Waals surface area contributed by atoms with Crippen LogP contribution in [0.15, 0.2) is 108 Å². The Morgan fingerprint density at radius 2 is 1.26 bits per heavy atom.